The minimum absolute atomic E-state index is 0.0482. The van der Waals surface area contributed by atoms with Gasteiger partial charge in [-0.15, -0.1) is 11.8 Å². The van der Waals surface area contributed by atoms with Gasteiger partial charge in [0.15, 0.2) is 12.5 Å². The molecule has 30 heavy (non-hydrogen) atoms. The number of hydrogen-bond donors (Lipinski definition) is 1. The monoisotopic (exact) mass is 421 g/mol. The highest BCUT2D eigenvalue weighted by atomic mass is 32.2. The minimum Gasteiger partial charge on any atom is -0.370 e. The Hall–Kier alpha value is -2.08. The number of carbonyl (C=O) groups is 1. The topological polar surface area (TPSA) is 34.0 Å². The van der Waals surface area contributed by atoms with Crippen LogP contribution in [0.15, 0.2) is 70.8 Å². The maximum Gasteiger partial charge on any atom is 0.162 e. The van der Waals surface area contributed by atoms with Gasteiger partial charge < -0.3 is 9.64 Å². The van der Waals surface area contributed by atoms with Gasteiger partial charge in [0.05, 0.1) is 24.2 Å². The van der Waals surface area contributed by atoms with Crippen LogP contribution in [0.4, 0.5) is 5.69 Å². The molecule has 156 valence electrons. The number of quaternary nitrogens is 1. The van der Waals surface area contributed by atoms with Crippen molar-refractivity contribution >= 4 is 23.2 Å². The summed E-state index contributed by atoms with van der Waals surface area (Å²) in [5, 5.41) is 0.0482. The Kier molecular flexibility index (Phi) is 5.68. The summed E-state index contributed by atoms with van der Waals surface area (Å²) in [4.78, 5) is 18.7. The molecule has 1 aliphatic carbocycles. The van der Waals surface area contributed by atoms with E-state index in [1.165, 1.54) is 26.7 Å². The summed E-state index contributed by atoms with van der Waals surface area (Å²) in [6.07, 6.45) is 1.61. The zero-order chi connectivity index (χ0) is 20.5. The molecular weight excluding hydrogens is 392 g/mol. The normalized spacial score (nSPS) is 25.0. The maximum absolute atomic E-state index is 13.4. The van der Waals surface area contributed by atoms with Gasteiger partial charge in [0.25, 0.3) is 0 Å². The Morgan fingerprint density at radius 3 is 2.57 bits per heavy atom. The molecule has 1 saturated heterocycles. The Balaban J connectivity index is 1.65. The highest BCUT2D eigenvalue weighted by Crippen LogP contribution is 2.51. The first-order valence-corrected chi connectivity index (χ1v) is 11.8. The molecule has 5 rings (SSSR count). The van der Waals surface area contributed by atoms with Gasteiger partial charge in [-0.05, 0) is 30.0 Å². The van der Waals surface area contributed by atoms with Gasteiger partial charge in [-0.3, -0.25) is 9.69 Å². The standard InChI is InChI=1S/C25H28N2O2S/c1-18-15-21-24(22(28)16-18)25(19-7-3-2-4-8-19)30-23-10-6-5-9-20(23)27(21)17-26-11-13-29-14-12-26/h2-10,18,25H,11-17H2,1H3/p+1/t18-,25-/m0/s1. The van der Waals surface area contributed by atoms with Crippen molar-refractivity contribution in [2.24, 2.45) is 5.92 Å². The Morgan fingerprint density at radius 2 is 1.77 bits per heavy atom. The lowest BCUT2D eigenvalue weighted by Gasteiger charge is -2.36. The van der Waals surface area contributed by atoms with Crippen LogP contribution in [0.1, 0.15) is 30.6 Å². The number of carbonyl (C=O) groups excluding carboxylic acids is 1. The number of fused-ring (bicyclic) bond motifs is 1. The first kappa shape index (κ1) is 19.9. The fourth-order valence-corrected chi connectivity index (χ4v) is 6.24. The zero-order valence-corrected chi connectivity index (χ0v) is 18.3. The molecule has 2 aromatic carbocycles. The SMILES string of the molecule is C[C@@H]1CC(=O)C2=C(C1)N(C[NH+]1CCOCC1)c1ccccc1S[C@H]2c1ccccc1. The largest absolute Gasteiger partial charge is 0.370 e. The molecule has 0 radical (unpaired) electrons. The Morgan fingerprint density at radius 1 is 1.03 bits per heavy atom. The van der Waals surface area contributed by atoms with Gasteiger partial charge in [0.2, 0.25) is 0 Å². The predicted molar refractivity (Wildman–Crippen MR) is 121 cm³/mol. The van der Waals surface area contributed by atoms with Crippen LogP contribution in [-0.2, 0) is 9.53 Å². The molecule has 5 heteroatoms. The summed E-state index contributed by atoms with van der Waals surface area (Å²) in [6.45, 7) is 6.76. The number of morpholine rings is 1. The molecule has 2 aromatic rings. The molecule has 0 aromatic heterocycles. The number of anilines is 1. The summed E-state index contributed by atoms with van der Waals surface area (Å²) in [5.74, 6) is 0.699. The van der Waals surface area contributed by atoms with Crippen LogP contribution < -0.4 is 9.80 Å². The molecule has 2 aliphatic heterocycles. The van der Waals surface area contributed by atoms with Crippen LogP contribution >= 0.6 is 11.8 Å². The number of thioether (sulfide) groups is 1. The first-order chi connectivity index (χ1) is 14.7. The van der Waals surface area contributed by atoms with E-state index in [9.17, 15) is 4.79 Å². The molecule has 4 nitrogen and oxygen atoms in total. The van der Waals surface area contributed by atoms with E-state index in [0.29, 0.717) is 18.1 Å². The third-order valence-corrected chi connectivity index (χ3v) is 7.70. The van der Waals surface area contributed by atoms with E-state index in [2.05, 4.69) is 60.4 Å². The maximum atomic E-state index is 13.4. The van der Waals surface area contributed by atoms with Crippen molar-refractivity contribution in [3.8, 4) is 0 Å². The molecule has 0 spiro atoms. The van der Waals surface area contributed by atoms with Gasteiger partial charge in [0, 0.05) is 22.6 Å². The third kappa shape index (κ3) is 3.82. The van der Waals surface area contributed by atoms with Crippen molar-refractivity contribution in [2.45, 2.75) is 29.9 Å². The number of nitrogens with one attached hydrogen (secondary N) is 1. The highest BCUT2D eigenvalue weighted by Gasteiger charge is 2.39. The van der Waals surface area contributed by atoms with Gasteiger partial charge >= 0.3 is 0 Å². The van der Waals surface area contributed by atoms with Crippen molar-refractivity contribution in [2.75, 3.05) is 37.9 Å². The molecule has 0 bridgehead atoms. The number of hydrogen-bond acceptors (Lipinski definition) is 4. The van der Waals surface area contributed by atoms with E-state index in [1.807, 2.05) is 17.8 Å². The van der Waals surface area contributed by atoms with E-state index in [-0.39, 0.29) is 5.25 Å². The molecular formula is C25H29N2O2S+. The van der Waals surface area contributed by atoms with E-state index >= 15 is 0 Å². The lowest BCUT2D eigenvalue weighted by atomic mass is 9.83. The number of allylic oxidation sites excluding steroid dienone is 1. The molecule has 2 atom stereocenters. The smallest absolute Gasteiger partial charge is 0.162 e. The van der Waals surface area contributed by atoms with Crippen LogP contribution in [-0.4, -0.2) is 38.8 Å². The summed E-state index contributed by atoms with van der Waals surface area (Å²) in [5.41, 5.74) is 4.72. The van der Waals surface area contributed by atoms with E-state index in [1.54, 1.807) is 0 Å². The number of benzene rings is 2. The second-order valence-electron chi connectivity index (χ2n) is 8.62. The molecule has 3 aliphatic rings. The van der Waals surface area contributed by atoms with Crippen LogP contribution in [0, 0.1) is 5.92 Å². The lowest BCUT2D eigenvalue weighted by Crippen LogP contribution is -3.15. The van der Waals surface area contributed by atoms with Crippen molar-refractivity contribution in [3.05, 3.63) is 71.4 Å². The van der Waals surface area contributed by atoms with E-state index in [4.69, 9.17) is 4.74 Å². The third-order valence-electron chi connectivity index (χ3n) is 6.36. The molecule has 0 saturated carbocycles. The van der Waals surface area contributed by atoms with Crippen molar-refractivity contribution < 1.29 is 14.4 Å². The van der Waals surface area contributed by atoms with E-state index in [0.717, 1.165) is 45.0 Å². The number of ether oxygens (including phenoxy) is 1. The zero-order valence-electron chi connectivity index (χ0n) is 17.5. The number of rotatable bonds is 3. The highest BCUT2D eigenvalue weighted by molar-refractivity contribution is 8.00. The molecule has 1 fully saturated rings. The number of para-hydroxylation sites is 1. The second-order valence-corrected chi connectivity index (χ2v) is 9.77. The fourth-order valence-electron chi connectivity index (χ4n) is 4.85. The van der Waals surface area contributed by atoms with Crippen molar-refractivity contribution in [3.63, 3.8) is 0 Å². The average Bonchev–Trinajstić information content (AvgIpc) is 2.90. The summed E-state index contributed by atoms with van der Waals surface area (Å²) in [6, 6.07) is 19.2. The number of nitrogens with zero attached hydrogens (tertiary/aromatic N) is 1. The quantitative estimate of drug-likeness (QED) is 0.823. The van der Waals surface area contributed by atoms with Crippen LogP contribution in [0.5, 0.6) is 0 Å². The number of ketones is 1. The van der Waals surface area contributed by atoms with Gasteiger partial charge in [-0.25, -0.2) is 0 Å². The van der Waals surface area contributed by atoms with Crippen LogP contribution in [0.25, 0.3) is 0 Å². The Bertz CT molecular complexity index is 953. The Labute approximate surface area is 182 Å². The first-order valence-electron chi connectivity index (χ1n) is 11.0. The molecule has 0 amide bonds. The second kappa shape index (κ2) is 8.58. The molecule has 2 heterocycles. The fraction of sp³-hybridized carbons (Fsp3) is 0.400. The number of Topliss-reactive ketones (excluding diaryl/α,β-unsaturated/α-hetero) is 1. The van der Waals surface area contributed by atoms with Crippen LogP contribution in [0.3, 0.4) is 0 Å². The summed E-state index contributed by atoms with van der Waals surface area (Å²) in [7, 11) is 0. The van der Waals surface area contributed by atoms with Crippen molar-refractivity contribution in [1.29, 1.82) is 0 Å². The minimum atomic E-state index is 0.0482. The predicted octanol–water partition coefficient (Wildman–Crippen LogP) is 3.47. The van der Waals surface area contributed by atoms with Crippen LogP contribution in [0.2, 0.25) is 0 Å². The van der Waals surface area contributed by atoms with Gasteiger partial charge in [-0.2, -0.15) is 0 Å². The average molecular weight is 422 g/mol. The lowest BCUT2D eigenvalue weighted by molar-refractivity contribution is -0.907. The summed E-state index contributed by atoms with van der Waals surface area (Å²) < 4.78 is 5.59. The van der Waals surface area contributed by atoms with Gasteiger partial charge in [-0.1, -0.05) is 49.4 Å². The van der Waals surface area contributed by atoms with Gasteiger partial charge in [0.1, 0.15) is 13.1 Å². The summed E-state index contributed by atoms with van der Waals surface area (Å²) >= 11 is 1.83. The van der Waals surface area contributed by atoms with Crippen molar-refractivity contribution in [1.82, 2.24) is 0 Å². The molecule has 1 N–H and O–H groups in total. The molecule has 0 unspecified atom stereocenters. The van der Waals surface area contributed by atoms with E-state index < -0.39 is 0 Å².